The molecule has 0 aromatic heterocycles. The summed E-state index contributed by atoms with van der Waals surface area (Å²) in [5, 5.41) is 6.28. The molecule has 8 nitrogen and oxygen atoms in total. The minimum absolute atomic E-state index is 0.0213. The predicted molar refractivity (Wildman–Crippen MR) is 108 cm³/mol. The molecule has 152 valence electrons. The number of guanidine groups is 1. The minimum atomic E-state index is -2.99. The lowest BCUT2D eigenvalue weighted by atomic mass is 10.1. The number of carbonyl (C=O) groups excluding carboxylic acids is 1. The third-order valence-electron chi connectivity index (χ3n) is 3.51. The summed E-state index contributed by atoms with van der Waals surface area (Å²) in [6, 6.07) is 7.36. The van der Waals surface area contributed by atoms with Crippen LogP contribution in [-0.4, -0.2) is 77.6 Å². The number of aliphatic imine (C=N–C) groups is 1. The first-order valence-corrected chi connectivity index (χ1v) is 10.9. The largest absolute Gasteiger partial charge is 0.379 e. The van der Waals surface area contributed by atoms with E-state index in [9.17, 15) is 13.2 Å². The lowest BCUT2D eigenvalue weighted by Crippen LogP contribution is -2.39. The van der Waals surface area contributed by atoms with Gasteiger partial charge in [-0.3, -0.25) is 4.79 Å². The standard InChI is InChI=1S/C18H30N4O4S/c1-5-19-18(20-10-11-26-12-13-27(4,24)25)21-14-15-6-8-16(9-7-15)17(23)22(2)3/h6-9H,5,10-14H2,1-4H3,(H2,19,20,21). The number of rotatable bonds is 10. The van der Waals surface area contributed by atoms with Gasteiger partial charge in [-0.15, -0.1) is 0 Å². The number of hydrogen-bond acceptors (Lipinski definition) is 5. The number of carbonyl (C=O) groups is 1. The quantitative estimate of drug-likeness (QED) is 0.338. The van der Waals surface area contributed by atoms with Crippen molar-refractivity contribution in [3.8, 4) is 0 Å². The Morgan fingerprint density at radius 1 is 1.15 bits per heavy atom. The van der Waals surface area contributed by atoms with E-state index in [0.717, 1.165) is 12.1 Å². The fourth-order valence-electron chi connectivity index (χ4n) is 2.08. The molecule has 9 heteroatoms. The summed E-state index contributed by atoms with van der Waals surface area (Å²) in [6.45, 7) is 4.26. The number of nitrogens with one attached hydrogen (secondary N) is 2. The molecule has 0 aliphatic heterocycles. The van der Waals surface area contributed by atoms with Gasteiger partial charge in [0.1, 0.15) is 9.84 Å². The molecule has 0 saturated heterocycles. The summed E-state index contributed by atoms with van der Waals surface area (Å²) in [5.41, 5.74) is 1.64. The van der Waals surface area contributed by atoms with E-state index >= 15 is 0 Å². The van der Waals surface area contributed by atoms with Gasteiger partial charge >= 0.3 is 0 Å². The van der Waals surface area contributed by atoms with E-state index in [1.165, 1.54) is 6.26 Å². The smallest absolute Gasteiger partial charge is 0.253 e. The lowest BCUT2D eigenvalue weighted by molar-refractivity contribution is 0.0827. The Morgan fingerprint density at radius 3 is 2.37 bits per heavy atom. The van der Waals surface area contributed by atoms with Crippen LogP contribution in [0.4, 0.5) is 0 Å². The molecule has 0 aliphatic rings. The topological polar surface area (TPSA) is 100 Å². The van der Waals surface area contributed by atoms with Crippen LogP contribution in [0.1, 0.15) is 22.8 Å². The summed E-state index contributed by atoms with van der Waals surface area (Å²) in [4.78, 5) is 17.9. The van der Waals surface area contributed by atoms with Gasteiger partial charge in [-0.1, -0.05) is 12.1 Å². The van der Waals surface area contributed by atoms with Crippen LogP contribution in [-0.2, 0) is 21.1 Å². The number of nitrogens with zero attached hydrogens (tertiary/aromatic N) is 2. The van der Waals surface area contributed by atoms with Gasteiger partial charge in [-0.05, 0) is 24.6 Å². The fraction of sp³-hybridized carbons (Fsp3) is 0.556. The molecule has 0 spiro atoms. The molecule has 2 N–H and O–H groups in total. The summed E-state index contributed by atoms with van der Waals surface area (Å²) >= 11 is 0. The lowest BCUT2D eigenvalue weighted by Gasteiger charge is -2.12. The van der Waals surface area contributed by atoms with Crippen LogP contribution in [0.3, 0.4) is 0 Å². The van der Waals surface area contributed by atoms with Crippen molar-refractivity contribution >= 4 is 21.7 Å². The molecule has 1 aromatic carbocycles. The van der Waals surface area contributed by atoms with Crippen molar-refractivity contribution in [2.75, 3.05) is 52.4 Å². The van der Waals surface area contributed by atoms with Gasteiger partial charge in [-0.25, -0.2) is 13.4 Å². The molecule has 0 saturated carbocycles. The van der Waals surface area contributed by atoms with Gasteiger partial charge < -0.3 is 20.3 Å². The number of amides is 1. The highest BCUT2D eigenvalue weighted by Gasteiger charge is 2.07. The highest BCUT2D eigenvalue weighted by atomic mass is 32.2. The average molecular weight is 399 g/mol. The number of benzene rings is 1. The molecular formula is C18H30N4O4S. The van der Waals surface area contributed by atoms with Crippen molar-refractivity contribution < 1.29 is 17.9 Å². The van der Waals surface area contributed by atoms with Crippen LogP contribution in [0.2, 0.25) is 0 Å². The van der Waals surface area contributed by atoms with Crippen LogP contribution in [0.5, 0.6) is 0 Å². The number of ether oxygens (including phenoxy) is 1. The maximum Gasteiger partial charge on any atom is 0.253 e. The Kier molecular flexibility index (Phi) is 9.81. The monoisotopic (exact) mass is 398 g/mol. The van der Waals surface area contributed by atoms with Crippen LogP contribution in [0.25, 0.3) is 0 Å². The van der Waals surface area contributed by atoms with Gasteiger partial charge in [0.15, 0.2) is 5.96 Å². The third kappa shape index (κ3) is 9.95. The molecule has 1 rings (SSSR count). The van der Waals surface area contributed by atoms with E-state index in [-0.39, 0.29) is 18.3 Å². The van der Waals surface area contributed by atoms with Crippen molar-refractivity contribution in [3.63, 3.8) is 0 Å². The Balaban J connectivity index is 2.47. The SMILES string of the molecule is CCNC(=NCc1ccc(C(=O)N(C)C)cc1)NCCOCCS(C)(=O)=O. The molecule has 0 atom stereocenters. The maximum atomic E-state index is 11.9. The van der Waals surface area contributed by atoms with E-state index in [2.05, 4.69) is 15.6 Å². The zero-order chi connectivity index (χ0) is 20.3. The van der Waals surface area contributed by atoms with Crippen molar-refractivity contribution in [1.82, 2.24) is 15.5 Å². The van der Waals surface area contributed by atoms with Crippen molar-refractivity contribution in [2.45, 2.75) is 13.5 Å². The second-order valence-electron chi connectivity index (χ2n) is 6.26. The van der Waals surface area contributed by atoms with E-state index in [1.807, 2.05) is 19.1 Å². The van der Waals surface area contributed by atoms with Gasteiger partial charge in [0.05, 0.1) is 25.5 Å². The number of hydrogen-bond donors (Lipinski definition) is 2. The van der Waals surface area contributed by atoms with Crippen LogP contribution in [0.15, 0.2) is 29.3 Å². The van der Waals surface area contributed by atoms with Crippen LogP contribution < -0.4 is 10.6 Å². The van der Waals surface area contributed by atoms with Gasteiger partial charge in [-0.2, -0.15) is 0 Å². The van der Waals surface area contributed by atoms with Gasteiger partial charge in [0, 0.05) is 39.0 Å². The van der Waals surface area contributed by atoms with E-state index in [4.69, 9.17) is 4.74 Å². The molecule has 0 aliphatic carbocycles. The van der Waals surface area contributed by atoms with E-state index in [1.54, 1.807) is 31.1 Å². The predicted octanol–water partition coefficient (Wildman–Crippen LogP) is 0.505. The fourth-order valence-corrected chi connectivity index (χ4v) is 2.50. The molecule has 27 heavy (non-hydrogen) atoms. The Bertz CT molecular complexity index is 715. The van der Waals surface area contributed by atoms with Crippen molar-refractivity contribution in [2.24, 2.45) is 4.99 Å². The normalized spacial score (nSPS) is 11.9. The summed E-state index contributed by atoms with van der Waals surface area (Å²) in [7, 11) is 0.450. The molecule has 1 amide bonds. The highest BCUT2D eigenvalue weighted by Crippen LogP contribution is 2.07. The molecule has 0 unspecified atom stereocenters. The zero-order valence-electron chi connectivity index (χ0n) is 16.5. The second-order valence-corrected chi connectivity index (χ2v) is 8.52. The van der Waals surface area contributed by atoms with Crippen LogP contribution >= 0.6 is 0 Å². The zero-order valence-corrected chi connectivity index (χ0v) is 17.3. The van der Waals surface area contributed by atoms with Crippen molar-refractivity contribution in [1.29, 1.82) is 0 Å². The molecule has 0 radical (unpaired) electrons. The molecule has 0 bridgehead atoms. The molecule has 0 heterocycles. The first kappa shape index (κ1) is 22.9. The van der Waals surface area contributed by atoms with Gasteiger partial charge in [0.25, 0.3) is 5.91 Å². The van der Waals surface area contributed by atoms with Gasteiger partial charge in [0.2, 0.25) is 0 Å². The number of sulfone groups is 1. The third-order valence-corrected chi connectivity index (χ3v) is 4.42. The Morgan fingerprint density at radius 2 is 1.81 bits per heavy atom. The van der Waals surface area contributed by atoms with E-state index < -0.39 is 9.84 Å². The minimum Gasteiger partial charge on any atom is -0.379 e. The second kappa shape index (κ2) is 11.6. The average Bonchev–Trinajstić information content (AvgIpc) is 2.61. The van der Waals surface area contributed by atoms with Crippen molar-refractivity contribution in [3.05, 3.63) is 35.4 Å². The maximum absolute atomic E-state index is 11.9. The summed E-state index contributed by atoms with van der Waals surface area (Å²) < 4.78 is 27.3. The molecule has 1 aromatic rings. The Hall–Kier alpha value is -2.13. The first-order valence-electron chi connectivity index (χ1n) is 8.81. The first-order chi connectivity index (χ1) is 12.7. The Labute approximate surface area is 161 Å². The summed E-state index contributed by atoms with van der Waals surface area (Å²) in [5.74, 6) is 0.640. The highest BCUT2D eigenvalue weighted by molar-refractivity contribution is 7.90. The van der Waals surface area contributed by atoms with Crippen LogP contribution in [0, 0.1) is 0 Å². The van der Waals surface area contributed by atoms with E-state index in [0.29, 0.717) is 31.2 Å². The summed E-state index contributed by atoms with van der Waals surface area (Å²) in [6.07, 6.45) is 1.19. The molecule has 0 fully saturated rings. The molecular weight excluding hydrogens is 368 g/mol.